The average molecular weight is 264 g/mol. The Labute approximate surface area is 115 Å². The van der Waals surface area contributed by atoms with Crippen LogP contribution >= 0.6 is 11.3 Å². The smallest absolute Gasteiger partial charge is 0.0982 e. The van der Waals surface area contributed by atoms with E-state index in [0.29, 0.717) is 5.92 Å². The normalized spacial score (nSPS) is 25.3. The van der Waals surface area contributed by atoms with Gasteiger partial charge in [0.2, 0.25) is 0 Å². The molecule has 18 heavy (non-hydrogen) atoms. The number of hydrogen-bond acceptors (Lipinski definition) is 3. The van der Waals surface area contributed by atoms with Crippen LogP contribution in [0.15, 0.2) is 6.08 Å². The first-order valence-corrected chi connectivity index (χ1v) is 7.82. The first-order chi connectivity index (χ1) is 8.65. The highest BCUT2D eigenvalue weighted by Gasteiger charge is 2.31. The quantitative estimate of drug-likeness (QED) is 0.822. The van der Waals surface area contributed by atoms with Crippen LogP contribution in [0.5, 0.6) is 0 Å². The van der Waals surface area contributed by atoms with E-state index in [4.69, 9.17) is 4.98 Å². The zero-order valence-corrected chi connectivity index (χ0v) is 12.8. The molecule has 2 atom stereocenters. The first kappa shape index (κ1) is 13.8. The van der Waals surface area contributed by atoms with E-state index in [2.05, 4.69) is 44.9 Å². The second-order valence-corrected chi connectivity index (χ2v) is 6.44. The molecule has 0 radical (unpaired) electrons. The molecule has 100 valence electrons. The maximum absolute atomic E-state index is 4.89. The Morgan fingerprint density at radius 2 is 2.17 bits per heavy atom. The summed E-state index contributed by atoms with van der Waals surface area (Å²) < 4.78 is 0. The Kier molecular flexibility index (Phi) is 4.57. The molecular weight excluding hydrogens is 240 g/mol. The van der Waals surface area contributed by atoms with Crippen LogP contribution in [0.3, 0.4) is 0 Å². The number of likely N-dealkylation sites (tertiary alicyclic amines) is 1. The van der Waals surface area contributed by atoms with Crippen molar-refractivity contribution in [3.05, 3.63) is 21.7 Å². The van der Waals surface area contributed by atoms with Crippen LogP contribution in [0.1, 0.15) is 48.7 Å². The molecule has 2 nitrogen and oxygen atoms in total. The third-order valence-electron chi connectivity index (χ3n) is 3.69. The number of aryl methyl sites for hydroxylation is 1. The molecule has 1 aromatic heterocycles. The van der Waals surface area contributed by atoms with Crippen molar-refractivity contribution < 1.29 is 0 Å². The van der Waals surface area contributed by atoms with Crippen molar-refractivity contribution in [1.82, 2.24) is 9.88 Å². The summed E-state index contributed by atoms with van der Waals surface area (Å²) in [6.45, 7) is 9.11. The summed E-state index contributed by atoms with van der Waals surface area (Å²) in [6, 6.07) is 0. The minimum Gasteiger partial charge on any atom is -0.305 e. The summed E-state index contributed by atoms with van der Waals surface area (Å²) in [5, 5.41) is 1.35. The predicted molar refractivity (Wildman–Crippen MR) is 80.2 cm³/mol. The second kappa shape index (κ2) is 5.98. The molecule has 0 N–H and O–H groups in total. The monoisotopic (exact) mass is 264 g/mol. The lowest BCUT2D eigenvalue weighted by Crippen LogP contribution is -2.13. The van der Waals surface area contributed by atoms with Gasteiger partial charge >= 0.3 is 0 Å². The maximum Gasteiger partial charge on any atom is 0.0982 e. The number of likely N-dealkylation sites (N-methyl/N-ethyl adjacent to an activating group) is 1. The number of hydrogen-bond donors (Lipinski definition) is 0. The van der Waals surface area contributed by atoms with Crippen LogP contribution < -0.4 is 0 Å². The topological polar surface area (TPSA) is 16.1 Å². The molecule has 0 aliphatic carbocycles. The standard InChI is InChI=1S/C15H24N2S/c1-5-7-8-13-14(6-2)18-15(16-13)12-10-17(4)9-11(12)3/h7-8,11-12H,5-6,9-10H2,1-4H3/b8-7-/t11?,12-/m1/s1. The molecule has 0 aromatic carbocycles. The third-order valence-corrected chi connectivity index (χ3v) is 5.04. The van der Waals surface area contributed by atoms with E-state index in [1.54, 1.807) is 0 Å². The maximum atomic E-state index is 4.89. The molecular formula is C15H24N2S. The Morgan fingerprint density at radius 1 is 1.39 bits per heavy atom. The Morgan fingerprint density at radius 3 is 2.72 bits per heavy atom. The van der Waals surface area contributed by atoms with Crippen LogP contribution in [0.2, 0.25) is 0 Å². The molecule has 1 aliphatic rings. The lowest BCUT2D eigenvalue weighted by molar-refractivity contribution is 0.401. The van der Waals surface area contributed by atoms with Gasteiger partial charge in [-0.2, -0.15) is 0 Å². The molecule has 1 unspecified atom stereocenters. The van der Waals surface area contributed by atoms with E-state index in [0.717, 1.165) is 25.3 Å². The molecule has 1 aliphatic heterocycles. The summed E-state index contributed by atoms with van der Waals surface area (Å²) in [5.41, 5.74) is 1.21. The summed E-state index contributed by atoms with van der Waals surface area (Å²) in [5.74, 6) is 1.36. The highest BCUT2D eigenvalue weighted by Crippen LogP contribution is 2.35. The third kappa shape index (κ3) is 2.83. The van der Waals surface area contributed by atoms with Gasteiger partial charge in [-0.15, -0.1) is 11.3 Å². The fourth-order valence-electron chi connectivity index (χ4n) is 2.68. The van der Waals surface area contributed by atoms with Crippen LogP contribution in [0.4, 0.5) is 0 Å². The first-order valence-electron chi connectivity index (χ1n) is 7.00. The van der Waals surface area contributed by atoms with Gasteiger partial charge in [0.05, 0.1) is 10.7 Å². The summed E-state index contributed by atoms with van der Waals surface area (Å²) in [6.07, 6.45) is 6.58. The fourth-order valence-corrected chi connectivity index (χ4v) is 3.90. The summed E-state index contributed by atoms with van der Waals surface area (Å²) in [4.78, 5) is 8.75. The molecule has 1 saturated heterocycles. The van der Waals surface area contributed by atoms with E-state index >= 15 is 0 Å². The molecule has 0 spiro atoms. The van der Waals surface area contributed by atoms with Gasteiger partial charge in [0.1, 0.15) is 0 Å². The summed E-state index contributed by atoms with van der Waals surface area (Å²) in [7, 11) is 2.21. The second-order valence-electron chi connectivity index (χ2n) is 5.33. The van der Waals surface area contributed by atoms with Crippen LogP contribution in [0, 0.1) is 5.92 Å². The number of aromatic nitrogens is 1. The van der Waals surface area contributed by atoms with E-state index in [1.165, 1.54) is 22.1 Å². The predicted octanol–water partition coefficient (Wildman–Crippen LogP) is 3.79. The number of thiazole rings is 1. The molecule has 2 heterocycles. The molecule has 1 aromatic rings. The molecule has 2 rings (SSSR count). The van der Waals surface area contributed by atoms with Crippen molar-refractivity contribution in [3.8, 4) is 0 Å². The van der Waals surface area contributed by atoms with E-state index in [9.17, 15) is 0 Å². The van der Waals surface area contributed by atoms with Gasteiger partial charge in [0.15, 0.2) is 0 Å². The number of nitrogens with zero attached hydrogens (tertiary/aromatic N) is 2. The van der Waals surface area contributed by atoms with E-state index < -0.39 is 0 Å². The highest BCUT2D eigenvalue weighted by atomic mass is 32.1. The van der Waals surface area contributed by atoms with Crippen molar-refractivity contribution >= 4 is 17.4 Å². The van der Waals surface area contributed by atoms with Gasteiger partial charge in [-0.3, -0.25) is 0 Å². The van der Waals surface area contributed by atoms with Crippen molar-refractivity contribution in [1.29, 1.82) is 0 Å². The SMILES string of the molecule is CC/C=C\c1nc([C@@H]2CN(C)CC2C)sc1CC. The molecule has 1 fully saturated rings. The minimum atomic E-state index is 0.633. The zero-order valence-electron chi connectivity index (χ0n) is 11.9. The van der Waals surface area contributed by atoms with Crippen LogP contribution in [-0.4, -0.2) is 30.0 Å². The Balaban J connectivity index is 2.24. The molecule has 3 heteroatoms. The highest BCUT2D eigenvalue weighted by molar-refractivity contribution is 7.11. The van der Waals surface area contributed by atoms with Gasteiger partial charge in [-0.05, 0) is 31.9 Å². The lowest BCUT2D eigenvalue weighted by atomic mass is 9.99. The van der Waals surface area contributed by atoms with Crippen LogP contribution in [-0.2, 0) is 6.42 Å². The van der Waals surface area contributed by atoms with Gasteiger partial charge < -0.3 is 4.90 Å². The van der Waals surface area contributed by atoms with E-state index in [1.807, 2.05) is 11.3 Å². The van der Waals surface area contributed by atoms with Gasteiger partial charge in [-0.25, -0.2) is 4.98 Å². The van der Waals surface area contributed by atoms with Crippen molar-refractivity contribution in [2.75, 3.05) is 20.1 Å². The average Bonchev–Trinajstić information content (AvgIpc) is 2.89. The van der Waals surface area contributed by atoms with E-state index in [-0.39, 0.29) is 0 Å². The van der Waals surface area contributed by atoms with Crippen molar-refractivity contribution in [2.24, 2.45) is 5.92 Å². The van der Waals surface area contributed by atoms with Gasteiger partial charge in [-0.1, -0.05) is 26.8 Å². The largest absolute Gasteiger partial charge is 0.305 e. The zero-order chi connectivity index (χ0) is 13.1. The minimum absolute atomic E-state index is 0.633. The Bertz CT molecular complexity index is 422. The van der Waals surface area contributed by atoms with Gasteiger partial charge in [0.25, 0.3) is 0 Å². The van der Waals surface area contributed by atoms with Crippen molar-refractivity contribution in [2.45, 2.75) is 39.5 Å². The van der Waals surface area contributed by atoms with Gasteiger partial charge in [0, 0.05) is 23.9 Å². The van der Waals surface area contributed by atoms with Crippen molar-refractivity contribution in [3.63, 3.8) is 0 Å². The number of rotatable bonds is 4. The number of allylic oxidation sites excluding steroid dienone is 1. The Hall–Kier alpha value is -0.670. The lowest BCUT2D eigenvalue weighted by Gasteiger charge is -2.09. The molecule has 0 saturated carbocycles. The molecule has 0 amide bonds. The van der Waals surface area contributed by atoms with Crippen LogP contribution in [0.25, 0.3) is 6.08 Å². The molecule has 0 bridgehead atoms. The summed E-state index contributed by atoms with van der Waals surface area (Å²) >= 11 is 1.92. The fraction of sp³-hybridized carbons (Fsp3) is 0.667.